The number of aryl methyl sites for hydroxylation is 1. The van der Waals surface area contributed by atoms with E-state index >= 15 is 0 Å². The van der Waals surface area contributed by atoms with Gasteiger partial charge in [-0.25, -0.2) is 4.98 Å². The average Bonchev–Trinajstić information content (AvgIpc) is 2.39. The molecule has 19 heavy (non-hydrogen) atoms. The van der Waals surface area contributed by atoms with Gasteiger partial charge in [0.25, 0.3) is 5.91 Å². The van der Waals surface area contributed by atoms with E-state index in [1.807, 2.05) is 13.0 Å². The number of methoxy groups -OCH3 is 1. The quantitative estimate of drug-likeness (QED) is 0.704. The molecule has 0 saturated carbocycles. The Morgan fingerprint density at radius 3 is 2.79 bits per heavy atom. The molecule has 5 nitrogen and oxygen atoms in total. The molecule has 0 aliphatic rings. The van der Waals surface area contributed by atoms with Gasteiger partial charge in [-0.15, -0.1) is 0 Å². The summed E-state index contributed by atoms with van der Waals surface area (Å²) in [4.78, 5) is 16.5. The Hall–Kier alpha value is -1.62. The van der Waals surface area contributed by atoms with Crippen molar-refractivity contribution in [1.29, 1.82) is 0 Å². The highest BCUT2D eigenvalue weighted by Gasteiger charge is 2.09. The molecule has 106 valence electrons. The van der Waals surface area contributed by atoms with Crippen LogP contribution in [-0.4, -0.2) is 37.7 Å². The number of hydrogen-bond acceptors (Lipinski definition) is 4. The minimum atomic E-state index is -0.0871. The van der Waals surface area contributed by atoms with Gasteiger partial charge in [0.1, 0.15) is 5.82 Å². The Morgan fingerprint density at radius 1 is 1.37 bits per heavy atom. The summed E-state index contributed by atoms with van der Waals surface area (Å²) >= 11 is 0. The molecule has 1 aromatic rings. The van der Waals surface area contributed by atoms with Crippen molar-refractivity contribution >= 4 is 11.7 Å². The van der Waals surface area contributed by atoms with Crippen LogP contribution in [0.4, 0.5) is 5.82 Å². The number of rotatable bonds is 8. The van der Waals surface area contributed by atoms with Crippen LogP contribution in [0.25, 0.3) is 0 Å². The van der Waals surface area contributed by atoms with Crippen LogP contribution < -0.4 is 10.6 Å². The summed E-state index contributed by atoms with van der Waals surface area (Å²) in [6.07, 6.45) is 1.88. The molecular weight excluding hydrogens is 242 g/mol. The molecule has 0 bridgehead atoms. The molecule has 1 amide bonds. The van der Waals surface area contributed by atoms with E-state index in [4.69, 9.17) is 4.74 Å². The summed E-state index contributed by atoms with van der Waals surface area (Å²) in [7, 11) is 1.61. The van der Waals surface area contributed by atoms with E-state index in [0.717, 1.165) is 30.9 Å². The van der Waals surface area contributed by atoms with E-state index in [1.165, 1.54) is 0 Å². The lowest BCUT2D eigenvalue weighted by Crippen LogP contribution is -2.27. The Bertz CT molecular complexity index is 383. The number of anilines is 1. The Morgan fingerprint density at radius 2 is 2.16 bits per heavy atom. The standard InChI is InChI=1S/C14H23N3O2/c1-4-6-12-9-11(10-13(17-12)15-5-2)14(18)16-7-8-19-3/h9-10H,4-8H2,1-3H3,(H,15,17)(H,16,18). The van der Waals surface area contributed by atoms with E-state index in [-0.39, 0.29) is 5.91 Å². The van der Waals surface area contributed by atoms with Gasteiger partial charge < -0.3 is 15.4 Å². The van der Waals surface area contributed by atoms with Crippen LogP contribution in [0.5, 0.6) is 0 Å². The van der Waals surface area contributed by atoms with Crippen molar-refractivity contribution in [2.75, 3.05) is 32.1 Å². The highest BCUT2D eigenvalue weighted by molar-refractivity contribution is 5.95. The first kappa shape index (κ1) is 15.4. The zero-order chi connectivity index (χ0) is 14.1. The molecule has 1 rings (SSSR count). The van der Waals surface area contributed by atoms with Crippen molar-refractivity contribution < 1.29 is 9.53 Å². The van der Waals surface area contributed by atoms with E-state index in [2.05, 4.69) is 22.5 Å². The number of carbonyl (C=O) groups is 1. The molecule has 0 spiro atoms. The van der Waals surface area contributed by atoms with Gasteiger partial charge in [-0.1, -0.05) is 13.3 Å². The molecule has 2 N–H and O–H groups in total. The second-order valence-electron chi connectivity index (χ2n) is 4.26. The second-order valence-corrected chi connectivity index (χ2v) is 4.26. The predicted octanol–water partition coefficient (Wildman–Crippen LogP) is 1.84. The van der Waals surface area contributed by atoms with Crippen molar-refractivity contribution in [3.63, 3.8) is 0 Å². The van der Waals surface area contributed by atoms with E-state index in [9.17, 15) is 4.79 Å². The van der Waals surface area contributed by atoms with Crippen molar-refractivity contribution in [3.8, 4) is 0 Å². The number of ether oxygens (including phenoxy) is 1. The molecule has 1 heterocycles. The van der Waals surface area contributed by atoms with Crippen LogP contribution in [0.3, 0.4) is 0 Å². The average molecular weight is 265 g/mol. The maximum atomic E-state index is 12.0. The molecule has 0 fully saturated rings. The van der Waals surface area contributed by atoms with Crippen LogP contribution in [0, 0.1) is 0 Å². The lowest BCUT2D eigenvalue weighted by Gasteiger charge is -2.10. The zero-order valence-electron chi connectivity index (χ0n) is 12.0. The SMILES string of the molecule is CCCc1cc(C(=O)NCCOC)cc(NCC)n1. The van der Waals surface area contributed by atoms with Crippen LogP contribution in [0.1, 0.15) is 36.3 Å². The topological polar surface area (TPSA) is 63.2 Å². The second kappa shape index (κ2) is 8.48. The number of nitrogens with one attached hydrogen (secondary N) is 2. The van der Waals surface area contributed by atoms with Crippen molar-refractivity contribution in [3.05, 3.63) is 23.4 Å². The maximum Gasteiger partial charge on any atom is 0.251 e. The van der Waals surface area contributed by atoms with Crippen molar-refractivity contribution in [2.24, 2.45) is 0 Å². The van der Waals surface area contributed by atoms with Gasteiger partial charge in [0.15, 0.2) is 0 Å². The Balaban J connectivity index is 2.82. The molecule has 0 aromatic carbocycles. The third kappa shape index (κ3) is 5.26. The van der Waals surface area contributed by atoms with Crippen LogP contribution in [0.15, 0.2) is 12.1 Å². The van der Waals surface area contributed by atoms with Crippen LogP contribution in [-0.2, 0) is 11.2 Å². The van der Waals surface area contributed by atoms with Gasteiger partial charge in [0.05, 0.1) is 6.61 Å². The minimum Gasteiger partial charge on any atom is -0.383 e. The fourth-order valence-electron chi connectivity index (χ4n) is 1.74. The van der Waals surface area contributed by atoms with E-state index < -0.39 is 0 Å². The van der Waals surface area contributed by atoms with Gasteiger partial charge in [0, 0.05) is 31.5 Å². The van der Waals surface area contributed by atoms with Crippen LogP contribution >= 0.6 is 0 Å². The van der Waals surface area contributed by atoms with Crippen LogP contribution in [0.2, 0.25) is 0 Å². The van der Waals surface area contributed by atoms with Gasteiger partial charge in [-0.05, 0) is 25.5 Å². The zero-order valence-corrected chi connectivity index (χ0v) is 12.0. The summed E-state index contributed by atoms with van der Waals surface area (Å²) in [6, 6.07) is 3.64. The minimum absolute atomic E-state index is 0.0871. The first-order chi connectivity index (χ1) is 9.21. The molecule has 1 aromatic heterocycles. The van der Waals surface area contributed by atoms with E-state index in [1.54, 1.807) is 13.2 Å². The number of pyridine rings is 1. The summed E-state index contributed by atoms with van der Waals surface area (Å²) in [5.41, 5.74) is 1.59. The number of amides is 1. The third-order valence-corrected chi connectivity index (χ3v) is 2.60. The van der Waals surface area contributed by atoms with Gasteiger partial charge in [-0.3, -0.25) is 4.79 Å². The first-order valence-electron chi connectivity index (χ1n) is 6.73. The predicted molar refractivity (Wildman–Crippen MR) is 76.6 cm³/mol. The molecule has 0 radical (unpaired) electrons. The van der Waals surface area contributed by atoms with Gasteiger partial charge in [0.2, 0.25) is 0 Å². The largest absolute Gasteiger partial charge is 0.383 e. The summed E-state index contributed by atoms with van der Waals surface area (Å²) in [5.74, 6) is 0.668. The highest BCUT2D eigenvalue weighted by atomic mass is 16.5. The summed E-state index contributed by atoms with van der Waals surface area (Å²) in [5, 5.41) is 5.97. The highest BCUT2D eigenvalue weighted by Crippen LogP contribution is 2.12. The normalized spacial score (nSPS) is 10.3. The number of nitrogens with zero attached hydrogens (tertiary/aromatic N) is 1. The van der Waals surface area contributed by atoms with E-state index in [0.29, 0.717) is 18.7 Å². The van der Waals surface area contributed by atoms with Gasteiger partial charge in [-0.2, -0.15) is 0 Å². The molecule has 0 atom stereocenters. The molecule has 0 aliphatic carbocycles. The Kier molecular flexibility index (Phi) is 6.89. The number of hydrogen-bond donors (Lipinski definition) is 2. The lowest BCUT2D eigenvalue weighted by atomic mass is 10.1. The van der Waals surface area contributed by atoms with Crippen molar-refractivity contribution in [1.82, 2.24) is 10.3 Å². The Labute approximate surface area is 114 Å². The number of aromatic nitrogens is 1. The van der Waals surface area contributed by atoms with Gasteiger partial charge >= 0.3 is 0 Å². The molecule has 0 aliphatic heterocycles. The maximum absolute atomic E-state index is 12.0. The monoisotopic (exact) mass is 265 g/mol. The number of carbonyl (C=O) groups excluding carboxylic acids is 1. The lowest BCUT2D eigenvalue weighted by molar-refractivity contribution is 0.0937. The molecule has 0 saturated heterocycles. The third-order valence-electron chi connectivity index (χ3n) is 2.60. The fraction of sp³-hybridized carbons (Fsp3) is 0.571. The first-order valence-corrected chi connectivity index (χ1v) is 6.73. The molecule has 5 heteroatoms. The summed E-state index contributed by atoms with van der Waals surface area (Å²) in [6.45, 7) is 5.91. The fourth-order valence-corrected chi connectivity index (χ4v) is 1.74. The van der Waals surface area contributed by atoms with Crippen molar-refractivity contribution in [2.45, 2.75) is 26.7 Å². The summed E-state index contributed by atoms with van der Waals surface area (Å²) < 4.78 is 4.91. The smallest absolute Gasteiger partial charge is 0.251 e. The molecular formula is C14H23N3O2. The molecule has 0 unspecified atom stereocenters.